The number of methoxy groups -OCH3 is 1. The number of nitrogens with zero attached hydrogens (tertiary/aromatic N) is 3. The van der Waals surface area contributed by atoms with Gasteiger partial charge in [0.15, 0.2) is 5.60 Å². The van der Waals surface area contributed by atoms with E-state index in [1.54, 1.807) is 16.9 Å². The minimum atomic E-state index is -2.54. The Morgan fingerprint density at radius 3 is 2.30 bits per heavy atom. The lowest BCUT2D eigenvalue weighted by molar-refractivity contribution is -0.149. The number of anilines is 3. The summed E-state index contributed by atoms with van der Waals surface area (Å²) in [7, 11) is -0.891. The zero-order chi connectivity index (χ0) is 37.3. The minimum Gasteiger partial charge on any atom is -0.497 e. The number of para-hydroxylation sites is 1. The molecule has 1 spiro atoms. The first-order valence-corrected chi connectivity index (χ1v) is 21.8. The highest BCUT2D eigenvalue weighted by atomic mass is 28.3. The summed E-state index contributed by atoms with van der Waals surface area (Å²) in [5.74, 6) is 0.170. The number of hydrogen-bond acceptors (Lipinski definition) is 6. The molecule has 3 heterocycles. The van der Waals surface area contributed by atoms with Crippen LogP contribution in [-0.4, -0.2) is 68.7 Å². The molecule has 0 bridgehead atoms. The predicted molar refractivity (Wildman–Crippen MR) is 209 cm³/mol. The Hall–Kier alpha value is -4.77. The molecule has 0 aliphatic carbocycles. The SMILES string of the molecule is COc1ccc([Si](C)(C)[C@@H]2[C@@H](CC(=O)N(CCO)Cc3ccccc3)O[C@]3(C(=O)N(c4ccccc4)c4ccc(N5CCCCC5=O)cc43)[C@H]2C)cc1. The summed E-state index contributed by atoms with van der Waals surface area (Å²) in [6.07, 6.45) is 1.72. The van der Waals surface area contributed by atoms with Crippen LogP contribution in [-0.2, 0) is 31.3 Å². The van der Waals surface area contributed by atoms with Gasteiger partial charge in [-0.05, 0) is 66.4 Å². The van der Waals surface area contributed by atoms with Gasteiger partial charge in [0, 0.05) is 48.9 Å². The molecule has 276 valence electrons. The van der Waals surface area contributed by atoms with E-state index in [0.717, 1.165) is 46.8 Å². The molecule has 4 atom stereocenters. The largest absolute Gasteiger partial charge is 0.497 e. The Morgan fingerprint density at radius 1 is 0.943 bits per heavy atom. The Labute approximate surface area is 313 Å². The first-order valence-electron chi connectivity index (χ1n) is 18.7. The van der Waals surface area contributed by atoms with Crippen molar-refractivity contribution in [2.75, 3.05) is 36.6 Å². The van der Waals surface area contributed by atoms with Gasteiger partial charge in [0.2, 0.25) is 11.8 Å². The first kappa shape index (κ1) is 36.6. The molecule has 7 rings (SSSR count). The van der Waals surface area contributed by atoms with Crippen LogP contribution in [0.3, 0.4) is 0 Å². The molecular weight excluding hydrogens is 683 g/mol. The number of aliphatic hydroxyl groups excluding tert-OH is 1. The lowest BCUT2D eigenvalue weighted by Crippen LogP contribution is -2.52. The van der Waals surface area contributed by atoms with E-state index in [4.69, 9.17) is 9.47 Å². The van der Waals surface area contributed by atoms with E-state index in [1.165, 1.54) is 5.19 Å². The number of benzene rings is 4. The summed E-state index contributed by atoms with van der Waals surface area (Å²) in [4.78, 5) is 48.2. The van der Waals surface area contributed by atoms with Crippen LogP contribution in [0, 0.1) is 5.92 Å². The molecule has 53 heavy (non-hydrogen) atoms. The summed E-state index contributed by atoms with van der Waals surface area (Å²) in [5.41, 5.74) is 2.33. The zero-order valence-corrected chi connectivity index (χ0v) is 32.0. The smallest absolute Gasteiger partial charge is 0.268 e. The lowest BCUT2D eigenvalue weighted by Gasteiger charge is -2.37. The Kier molecular flexibility index (Phi) is 10.3. The highest BCUT2D eigenvalue weighted by molar-refractivity contribution is 6.91. The number of piperidine rings is 1. The van der Waals surface area contributed by atoms with Gasteiger partial charge in [-0.3, -0.25) is 19.3 Å². The van der Waals surface area contributed by atoms with Crippen LogP contribution < -0.4 is 19.7 Å². The Balaban J connectivity index is 1.35. The van der Waals surface area contributed by atoms with Crippen molar-refractivity contribution in [3.05, 3.63) is 114 Å². The van der Waals surface area contributed by atoms with Crippen LogP contribution in [0.5, 0.6) is 5.75 Å². The molecule has 2 saturated heterocycles. The number of aliphatic hydroxyl groups is 1. The predicted octanol–water partition coefficient (Wildman–Crippen LogP) is 6.52. The fourth-order valence-electron chi connectivity index (χ4n) is 9.02. The maximum atomic E-state index is 15.3. The zero-order valence-electron chi connectivity index (χ0n) is 31.0. The monoisotopic (exact) mass is 731 g/mol. The molecule has 0 unspecified atom stereocenters. The van der Waals surface area contributed by atoms with Crippen molar-refractivity contribution in [2.45, 2.75) is 69.5 Å². The van der Waals surface area contributed by atoms with E-state index < -0.39 is 19.8 Å². The van der Waals surface area contributed by atoms with Gasteiger partial charge >= 0.3 is 0 Å². The molecule has 3 aliphatic heterocycles. The van der Waals surface area contributed by atoms with Crippen LogP contribution in [0.4, 0.5) is 17.1 Å². The van der Waals surface area contributed by atoms with Gasteiger partial charge in [-0.1, -0.05) is 85.9 Å². The normalized spacial score (nSPS) is 22.7. The molecule has 4 aromatic carbocycles. The van der Waals surface area contributed by atoms with Gasteiger partial charge in [-0.2, -0.15) is 0 Å². The van der Waals surface area contributed by atoms with Crippen molar-refractivity contribution in [1.29, 1.82) is 0 Å². The number of carbonyl (C=O) groups excluding carboxylic acids is 3. The maximum absolute atomic E-state index is 15.3. The molecule has 4 aromatic rings. The molecule has 0 aromatic heterocycles. The highest BCUT2D eigenvalue weighted by Crippen LogP contribution is 2.61. The van der Waals surface area contributed by atoms with Crippen LogP contribution in [0.25, 0.3) is 0 Å². The molecule has 9 nitrogen and oxygen atoms in total. The summed E-state index contributed by atoms with van der Waals surface area (Å²) < 4.78 is 12.8. The van der Waals surface area contributed by atoms with Crippen LogP contribution in [0.2, 0.25) is 18.6 Å². The van der Waals surface area contributed by atoms with Crippen LogP contribution >= 0.6 is 0 Å². The summed E-state index contributed by atoms with van der Waals surface area (Å²) >= 11 is 0. The van der Waals surface area contributed by atoms with E-state index >= 15 is 4.79 Å². The molecular formula is C43H49N3O6Si. The highest BCUT2D eigenvalue weighted by Gasteiger charge is 2.67. The third-order valence-corrected chi connectivity index (χ3v) is 16.1. The maximum Gasteiger partial charge on any atom is 0.268 e. The number of amides is 3. The third kappa shape index (κ3) is 6.57. The Bertz CT molecular complexity index is 1960. The van der Waals surface area contributed by atoms with Crippen molar-refractivity contribution in [2.24, 2.45) is 5.92 Å². The number of hydrogen-bond donors (Lipinski definition) is 1. The Morgan fingerprint density at radius 2 is 1.64 bits per heavy atom. The molecule has 0 radical (unpaired) electrons. The lowest BCUT2D eigenvalue weighted by atomic mass is 9.82. The number of fused-ring (bicyclic) bond motifs is 2. The molecule has 0 saturated carbocycles. The van der Waals surface area contributed by atoms with E-state index in [0.29, 0.717) is 19.5 Å². The van der Waals surface area contributed by atoms with E-state index in [2.05, 4.69) is 32.2 Å². The molecule has 1 N–H and O–H groups in total. The van der Waals surface area contributed by atoms with Gasteiger partial charge in [0.1, 0.15) is 5.75 Å². The second-order valence-electron chi connectivity index (χ2n) is 15.1. The van der Waals surface area contributed by atoms with Gasteiger partial charge in [-0.25, -0.2) is 0 Å². The van der Waals surface area contributed by atoms with E-state index in [1.807, 2.05) is 95.9 Å². The van der Waals surface area contributed by atoms with E-state index in [9.17, 15) is 14.7 Å². The molecule has 3 amide bonds. The van der Waals surface area contributed by atoms with E-state index in [-0.39, 0.29) is 48.8 Å². The summed E-state index contributed by atoms with van der Waals surface area (Å²) in [6.45, 7) is 7.69. The summed E-state index contributed by atoms with van der Waals surface area (Å²) in [6, 6.07) is 33.4. The van der Waals surface area contributed by atoms with Crippen molar-refractivity contribution >= 4 is 48.0 Å². The second-order valence-corrected chi connectivity index (χ2v) is 19.8. The van der Waals surface area contributed by atoms with Gasteiger partial charge < -0.3 is 24.4 Å². The van der Waals surface area contributed by atoms with Gasteiger partial charge in [0.25, 0.3) is 5.91 Å². The van der Waals surface area contributed by atoms with Crippen molar-refractivity contribution < 1.29 is 29.0 Å². The number of carbonyl (C=O) groups is 3. The average molecular weight is 732 g/mol. The topological polar surface area (TPSA) is 99.6 Å². The quantitative estimate of drug-likeness (QED) is 0.177. The van der Waals surface area contributed by atoms with Crippen LogP contribution in [0.1, 0.15) is 43.7 Å². The van der Waals surface area contributed by atoms with Crippen molar-refractivity contribution in [3.63, 3.8) is 0 Å². The van der Waals surface area contributed by atoms with Crippen molar-refractivity contribution in [3.8, 4) is 5.75 Å². The van der Waals surface area contributed by atoms with Crippen molar-refractivity contribution in [1.82, 2.24) is 4.90 Å². The molecule has 2 fully saturated rings. The van der Waals surface area contributed by atoms with Gasteiger partial charge in [-0.15, -0.1) is 0 Å². The van der Waals surface area contributed by atoms with Gasteiger partial charge in [0.05, 0.1) is 40.0 Å². The average Bonchev–Trinajstić information content (AvgIpc) is 3.61. The first-order chi connectivity index (χ1) is 25.6. The standard InChI is InChI=1S/C43H49N3O6Si/c1-30-41(53(3,4)35-21-19-34(51-2)20-22-35)38(28-40(49)44(25-26-47)29-31-13-7-5-8-14-31)52-43(30)36-27-33(45-24-12-11-17-39(45)48)18-23-37(36)46(42(43)50)32-15-9-6-10-16-32/h5-10,13-16,18-23,27,30,38,41,47H,11-12,17,24-26,28-29H2,1-4H3/t30-,38+,41-,43+/m0/s1. The number of ether oxygens (including phenoxy) is 2. The third-order valence-electron chi connectivity index (χ3n) is 11.7. The van der Waals surface area contributed by atoms with Crippen LogP contribution in [0.15, 0.2) is 103 Å². The molecule has 10 heteroatoms. The minimum absolute atomic E-state index is 0.0500. The fraction of sp³-hybridized carbons (Fsp3) is 0.372. The number of rotatable bonds is 11. The molecule has 3 aliphatic rings. The second kappa shape index (κ2) is 14.9. The summed E-state index contributed by atoms with van der Waals surface area (Å²) in [5, 5.41) is 11.2. The fourth-order valence-corrected chi connectivity index (χ4v) is 13.0.